The molecule has 1 amide bonds. The van der Waals surface area contributed by atoms with Crippen molar-refractivity contribution in [2.75, 3.05) is 12.4 Å². The van der Waals surface area contributed by atoms with E-state index in [-0.39, 0.29) is 11.5 Å². The first-order valence-corrected chi connectivity index (χ1v) is 13.4. The first-order valence-electron chi connectivity index (χ1n) is 12.6. The second kappa shape index (κ2) is 11.0. The summed E-state index contributed by atoms with van der Waals surface area (Å²) in [6.07, 6.45) is 1.80. The zero-order valence-corrected chi connectivity index (χ0v) is 22.7. The molecule has 0 spiro atoms. The number of methoxy groups -OCH3 is 1. The first kappa shape index (κ1) is 25.4. The summed E-state index contributed by atoms with van der Waals surface area (Å²) in [5.74, 6) is 0.336. The highest BCUT2D eigenvalue weighted by molar-refractivity contribution is 7.16. The Morgan fingerprint density at radius 1 is 1.03 bits per heavy atom. The van der Waals surface area contributed by atoms with Gasteiger partial charge in [-0.25, -0.2) is 9.98 Å². The van der Waals surface area contributed by atoms with Crippen LogP contribution in [0, 0.1) is 6.92 Å². The molecule has 0 saturated carbocycles. The lowest BCUT2D eigenvalue weighted by Crippen LogP contribution is -2.21. The Morgan fingerprint density at radius 2 is 1.84 bits per heavy atom. The van der Waals surface area contributed by atoms with E-state index < -0.39 is 0 Å². The SMILES string of the molecule is CCc1ccc(-c2nc(NC(=O)c3cc4cc(OC)ccc4oc3=Nc3cccc(C)c3)sc2CC)cc1. The highest BCUT2D eigenvalue weighted by Gasteiger charge is 2.18. The van der Waals surface area contributed by atoms with Crippen LogP contribution in [0.15, 0.2) is 82.2 Å². The third-order valence-electron chi connectivity index (χ3n) is 6.31. The van der Waals surface area contributed by atoms with Crippen LogP contribution >= 0.6 is 11.3 Å². The van der Waals surface area contributed by atoms with Gasteiger partial charge in [-0.3, -0.25) is 10.1 Å². The maximum atomic E-state index is 13.6. The van der Waals surface area contributed by atoms with Gasteiger partial charge < -0.3 is 9.15 Å². The summed E-state index contributed by atoms with van der Waals surface area (Å²) in [5.41, 5.74) is 6.13. The number of benzene rings is 3. The van der Waals surface area contributed by atoms with Crippen molar-refractivity contribution < 1.29 is 13.9 Å². The predicted molar refractivity (Wildman–Crippen MR) is 153 cm³/mol. The molecule has 3 aromatic carbocycles. The molecule has 0 aliphatic carbocycles. The molecular weight excluding hydrogens is 494 g/mol. The fourth-order valence-electron chi connectivity index (χ4n) is 4.23. The van der Waals surface area contributed by atoms with Gasteiger partial charge >= 0.3 is 0 Å². The lowest BCUT2D eigenvalue weighted by Gasteiger charge is -2.07. The monoisotopic (exact) mass is 523 g/mol. The maximum absolute atomic E-state index is 13.6. The Hall–Kier alpha value is -4.23. The van der Waals surface area contributed by atoms with Gasteiger partial charge in [-0.05, 0) is 67.3 Å². The zero-order chi connectivity index (χ0) is 26.6. The molecule has 0 bridgehead atoms. The predicted octanol–water partition coefficient (Wildman–Crippen LogP) is 7.48. The number of aryl methyl sites for hydroxylation is 3. The van der Waals surface area contributed by atoms with Crippen LogP contribution in [0.2, 0.25) is 0 Å². The van der Waals surface area contributed by atoms with Gasteiger partial charge in [-0.2, -0.15) is 0 Å². The van der Waals surface area contributed by atoms with Crippen molar-refractivity contribution in [2.24, 2.45) is 4.99 Å². The lowest BCUT2D eigenvalue weighted by atomic mass is 10.1. The third-order valence-corrected chi connectivity index (χ3v) is 7.42. The Kier molecular flexibility index (Phi) is 7.38. The molecule has 7 heteroatoms. The summed E-state index contributed by atoms with van der Waals surface area (Å²) in [6.45, 7) is 6.23. The van der Waals surface area contributed by atoms with Crippen LogP contribution in [0.25, 0.3) is 22.2 Å². The highest BCUT2D eigenvalue weighted by Crippen LogP contribution is 2.32. The van der Waals surface area contributed by atoms with E-state index >= 15 is 0 Å². The molecule has 2 aromatic heterocycles. The topological polar surface area (TPSA) is 76.7 Å². The molecule has 0 unspecified atom stereocenters. The third kappa shape index (κ3) is 5.38. The Morgan fingerprint density at radius 3 is 2.55 bits per heavy atom. The maximum Gasteiger partial charge on any atom is 0.262 e. The molecule has 0 fully saturated rings. The van der Waals surface area contributed by atoms with Crippen LogP contribution in [-0.4, -0.2) is 18.0 Å². The average molecular weight is 524 g/mol. The summed E-state index contributed by atoms with van der Waals surface area (Å²) < 4.78 is 11.5. The number of carbonyl (C=O) groups is 1. The molecule has 0 radical (unpaired) electrons. The number of ether oxygens (including phenoxy) is 1. The van der Waals surface area contributed by atoms with E-state index in [0.29, 0.717) is 27.7 Å². The van der Waals surface area contributed by atoms with E-state index in [9.17, 15) is 4.79 Å². The second-order valence-corrected chi connectivity index (χ2v) is 10.1. The molecule has 0 saturated heterocycles. The number of hydrogen-bond donors (Lipinski definition) is 1. The number of nitrogens with zero attached hydrogens (tertiary/aromatic N) is 2. The largest absolute Gasteiger partial charge is 0.497 e. The van der Waals surface area contributed by atoms with Crippen LogP contribution in [0.1, 0.15) is 40.2 Å². The van der Waals surface area contributed by atoms with Gasteiger partial charge in [0.1, 0.15) is 16.9 Å². The van der Waals surface area contributed by atoms with Crippen molar-refractivity contribution in [3.63, 3.8) is 0 Å². The summed E-state index contributed by atoms with van der Waals surface area (Å²) in [6, 6.07) is 23.4. The van der Waals surface area contributed by atoms with Crippen LogP contribution in [0.5, 0.6) is 5.75 Å². The fraction of sp³-hybridized carbons (Fsp3) is 0.194. The van der Waals surface area contributed by atoms with Crippen LogP contribution in [0.4, 0.5) is 10.8 Å². The normalized spacial score (nSPS) is 11.6. The second-order valence-electron chi connectivity index (χ2n) is 8.97. The molecule has 5 rings (SSSR count). The minimum absolute atomic E-state index is 0.230. The summed E-state index contributed by atoms with van der Waals surface area (Å²) in [4.78, 5) is 24.2. The summed E-state index contributed by atoms with van der Waals surface area (Å²) >= 11 is 1.48. The summed E-state index contributed by atoms with van der Waals surface area (Å²) in [7, 11) is 1.61. The molecule has 192 valence electrons. The van der Waals surface area contributed by atoms with Gasteiger partial charge in [0.2, 0.25) is 5.55 Å². The van der Waals surface area contributed by atoms with E-state index in [1.165, 1.54) is 16.9 Å². The van der Waals surface area contributed by atoms with E-state index in [0.717, 1.165) is 39.9 Å². The van der Waals surface area contributed by atoms with Gasteiger partial charge in [0.25, 0.3) is 5.91 Å². The van der Waals surface area contributed by atoms with Crippen LogP contribution < -0.4 is 15.6 Å². The minimum Gasteiger partial charge on any atom is -0.497 e. The van der Waals surface area contributed by atoms with Gasteiger partial charge in [0.05, 0.1) is 18.5 Å². The number of carbonyl (C=O) groups excluding carboxylic acids is 1. The Labute approximate surface area is 225 Å². The number of amides is 1. The number of aromatic nitrogens is 1. The average Bonchev–Trinajstić information content (AvgIpc) is 3.35. The number of fused-ring (bicyclic) bond motifs is 1. The quantitative estimate of drug-likeness (QED) is 0.240. The fourth-order valence-corrected chi connectivity index (χ4v) is 5.15. The Balaban J connectivity index is 1.56. The molecule has 38 heavy (non-hydrogen) atoms. The molecule has 0 atom stereocenters. The van der Waals surface area contributed by atoms with E-state index in [4.69, 9.17) is 14.1 Å². The number of nitrogens with one attached hydrogen (secondary N) is 1. The van der Waals surface area contributed by atoms with Crippen molar-refractivity contribution >= 4 is 39.0 Å². The van der Waals surface area contributed by atoms with Crippen LogP contribution in [0.3, 0.4) is 0 Å². The number of hydrogen-bond acceptors (Lipinski definition) is 6. The highest BCUT2D eigenvalue weighted by atomic mass is 32.1. The van der Waals surface area contributed by atoms with E-state index in [2.05, 4.69) is 48.4 Å². The van der Waals surface area contributed by atoms with Gasteiger partial charge in [0, 0.05) is 15.8 Å². The molecule has 5 aromatic rings. The molecule has 2 heterocycles. The van der Waals surface area contributed by atoms with Crippen molar-refractivity contribution in [2.45, 2.75) is 33.6 Å². The molecular formula is C31H29N3O3S. The minimum atomic E-state index is -0.339. The standard InChI is InChI=1S/C31H29N3O3S/c1-5-20-10-12-21(13-11-20)28-27(6-2)38-31(33-28)34-29(35)25-18-22-17-24(36-4)14-15-26(22)37-30(25)32-23-9-7-8-19(3)16-23/h7-18H,5-6H2,1-4H3,(H,33,34,35). The first-order chi connectivity index (χ1) is 18.5. The van der Waals surface area contributed by atoms with Crippen molar-refractivity contribution in [1.82, 2.24) is 4.98 Å². The molecule has 1 N–H and O–H groups in total. The molecule has 6 nitrogen and oxygen atoms in total. The zero-order valence-electron chi connectivity index (χ0n) is 21.9. The summed E-state index contributed by atoms with van der Waals surface area (Å²) in [5, 5.41) is 4.27. The van der Waals surface area contributed by atoms with Crippen molar-refractivity contribution in [1.29, 1.82) is 0 Å². The smallest absolute Gasteiger partial charge is 0.262 e. The van der Waals surface area contributed by atoms with Gasteiger partial charge in [0.15, 0.2) is 5.13 Å². The number of rotatable bonds is 7. The van der Waals surface area contributed by atoms with Crippen molar-refractivity contribution in [3.8, 4) is 17.0 Å². The molecule has 0 aliphatic rings. The Bertz CT molecular complexity index is 1680. The van der Waals surface area contributed by atoms with Crippen molar-refractivity contribution in [3.05, 3.63) is 99.9 Å². The van der Waals surface area contributed by atoms with Gasteiger partial charge in [-0.15, -0.1) is 11.3 Å². The van der Waals surface area contributed by atoms with Crippen LogP contribution in [-0.2, 0) is 12.8 Å². The van der Waals surface area contributed by atoms with E-state index in [1.807, 2.05) is 49.4 Å². The van der Waals surface area contributed by atoms with E-state index in [1.54, 1.807) is 13.2 Å². The molecule has 0 aliphatic heterocycles. The number of thiazole rings is 1. The van der Waals surface area contributed by atoms with Gasteiger partial charge in [-0.1, -0.05) is 50.2 Å². The number of anilines is 1. The lowest BCUT2D eigenvalue weighted by molar-refractivity contribution is 0.102.